The van der Waals surface area contributed by atoms with Gasteiger partial charge in [-0.1, -0.05) is 36.8 Å². The van der Waals surface area contributed by atoms with Gasteiger partial charge in [0.15, 0.2) is 0 Å². The van der Waals surface area contributed by atoms with Gasteiger partial charge >= 0.3 is 0 Å². The molecule has 0 spiro atoms. The number of amides is 1. The number of anilines is 1. The predicted octanol–water partition coefficient (Wildman–Crippen LogP) is 3.13. The average Bonchev–Trinajstić information content (AvgIpc) is 2.40. The van der Waals surface area contributed by atoms with E-state index in [9.17, 15) is 4.79 Å². The van der Waals surface area contributed by atoms with E-state index in [2.05, 4.69) is 35.4 Å². The van der Waals surface area contributed by atoms with E-state index in [1.165, 1.54) is 11.1 Å². The summed E-state index contributed by atoms with van der Waals surface area (Å²) in [7, 11) is 0. The zero-order valence-electron chi connectivity index (χ0n) is 11.3. The Bertz CT molecular complexity index is 564. The van der Waals surface area contributed by atoms with Crippen LogP contribution in [0.3, 0.4) is 0 Å². The molecule has 98 valence electrons. The molecular formula is C16H18N2O. The van der Waals surface area contributed by atoms with Gasteiger partial charge in [-0.25, -0.2) is 4.98 Å². The molecule has 3 nitrogen and oxygen atoms in total. The van der Waals surface area contributed by atoms with Crippen LogP contribution in [0.4, 0.5) is 5.82 Å². The lowest BCUT2D eigenvalue weighted by Crippen LogP contribution is -2.16. The second-order valence-corrected chi connectivity index (χ2v) is 4.57. The van der Waals surface area contributed by atoms with Crippen molar-refractivity contribution in [3.8, 4) is 0 Å². The first-order valence-electron chi connectivity index (χ1n) is 6.48. The first kappa shape index (κ1) is 13.3. The van der Waals surface area contributed by atoms with Crippen molar-refractivity contribution in [3.63, 3.8) is 0 Å². The van der Waals surface area contributed by atoms with E-state index < -0.39 is 0 Å². The van der Waals surface area contributed by atoms with E-state index in [-0.39, 0.29) is 5.91 Å². The maximum Gasteiger partial charge on any atom is 0.229 e. The van der Waals surface area contributed by atoms with Gasteiger partial charge in [0.2, 0.25) is 5.91 Å². The van der Waals surface area contributed by atoms with Crippen LogP contribution in [0.25, 0.3) is 0 Å². The number of hydrogen-bond donors (Lipinski definition) is 1. The van der Waals surface area contributed by atoms with Crippen LogP contribution in [0.15, 0.2) is 42.6 Å². The molecule has 0 aliphatic rings. The number of hydrogen-bond acceptors (Lipinski definition) is 2. The summed E-state index contributed by atoms with van der Waals surface area (Å²) < 4.78 is 0. The fourth-order valence-corrected chi connectivity index (χ4v) is 2.06. The fraction of sp³-hybridized carbons (Fsp3) is 0.250. The summed E-state index contributed by atoms with van der Waals surface area (Å²) in [4.78, 5) is 16.1. The lowest BCUT2D eigenvalue weighted by molar-refractivity contribution is -0.115. The number of nitrogens with zero attached hydrogens (tertiary/aromatic N) is 1. The molecule has 2 aromatic rings. The van der Waals surface area contributed by atoms with Crippen molar-refractivity contribution in [1.29, 1.82) is 0 Å². The molecule has 0 aliphatic heterocycles. The predicted molar refractivity (Wildman–Crippen MR) is 77.1 cm³/mol. The third-order valence-electron chi connectivity index (χ3n) is 3.03. The largest absolute Gasteiger partial charge is 0.310 e. The Balaban J connectivity index is 2.09. The average molecular weight is 254 g/mol. The first-order valence-corrected chi connectivity index (χ1v) is 6.48. The number of rotatable bonds is 4. The van der Waals surface area contributed by atoms with Crippen LogP contribution in [-0.2, 0) is 17.6 Å². The number of aryl methyl sites for hydroxylation is 2. The summed E-state index contributed by atoms with van der Waals surface area (Å²) in [5.41, 5.74) is 3.50. The molecule has 0 saturated carbocycles. The van der Waals surface area contributed by atoms with E-state index in [1.807, 2.05) is 19.1 Å². The number of benzene rings is 1. The summed E-state index contributed by atoms with van der Waals surface area (Å²) in [6, 6.07) is 11.7. The van der Waals surface area contributed by atoms with Crippen LogP contribution < -0.4 is 5.32 Å². The Hall–Kier alpha value is -2.16. The van der Waals surface area contributed by atoms with Crippen molar-refractivity contribution >= 4 is 11.7 Å². The minimum Gasteiger partial charge on any atom is -0.310 e. The number of carbonyl (C=O) groups excluding carboxylic acids is 1. The summed E-state index contributed by atoms with van der Waals surface area (Å²) >= 11 is 0. The molecule has 0 bridgehead atoms. The summed E-state index contributed by atoms with van der Waals surface area (Å²) in [6.07, 6.45) is 2.99. The van der Waals surface area contributed by atoms with Gasteiger partial charge in [0.05, 0.1) is 6.42 Å². The maximum absolute atomic E-state index is 12.0. The highest BCUT2D eigenvalue weighted by Crippen LogP contribution is 2.14. The molecule has 2 rings (SSSR count). The van der Waals surface area contributed by atoms with Gasteiger partial charge in [0.1, 0.15) is 5.82 Å². The SMILES string of the molecule is CCc1ccc(C)cc1CC(=O)Nc1ccccn1. The van der Waals surface area contributed by atoms with Gasteiger partial charge in [0.25, 0.3) is 0 Å². The third-order valence-corrected chi connectivity index (χ3v) is 3.03. The van der Waals surface area contributed by atoms with E-state index >= 15 is 0 Å². The van der Waals surface area contributed by atoms with Crippen LogP contribution in [-0.4, -0.2) is 10.9 Å². The maximum atomic E-state index is 12.0. The number of aromatic nitrogens is 1. The van der Waals surface area contributed by atoms with Crippen molar-refractivity contribution in [2.45, 2.75) is 26.7 Å². The molecule has 1 heterocycles. The van der Waals surface area contributed by atoms with Gasteiger partial charge in [0, 0.05) is 6.20 Å². The lowest BCUT2D eigenvalue weighted by atomic mass is 10.00. The van der Waals surface area contributed by atoms with Crippen molar-refractivity contribution in [2.75, 3.05) is 5.32 Å². The molecule has 0 atom stereocenters. The molecule has 1 N–H and O–H groups in total. The number of pyridine rings is 1. The Morgan fingerprint density at radius 1 is 1.21 bits per heavy atom. The highest BCUT2D eigenvalue weighted by Gasteiger charge is 2.08. The molecule has 0 aliphatic carbocycles. The van der Waals surface area contributed by atoms with E-state index in [1.54, 1.807) is 12.3 Å². The van der Waals surface area contributed by atoms with E-state index in [4.69, 9.17) is 0 Å². The van der Waals surface area contributed by atoms with Crippen LogP contribution in [0.5, 0.6) is 0 Å². The standard InChI is InChI=1S/C16H18N2O/c1-3-13-8-7-12(2)10-14(13)11-16(19)18-15-6-4-5-9-17-15/h4-10H,3,11H2,1-2H3,(H,17,18,19). The summed E-state index contributed by atoms with van der Waals surface area (Å²) in [6.45, 7) is 4.14. The van der Waals surface area contributed by atoms with Gasteiger partial charge in [-0.2, -0.15) is 0 Å². The monoisotopic (exact) mass is 254 g/mol. The highest BCUT2D eigenvalue weighted by atomic mass is 16.1. The number of carbonyl (C=O) groups is 1. The molecule has 0 saturated heterocycles. The van der Waals surface area contributed by atoms with Gasteiger partial charge < -0.3 is 5.32 Å². The van der Waals surface area contributed by atoms with Gasteiger partial charge in [-0.05, 0) is 36.6 Å². The second-order valence-electron chi connectivity index (χ2n) is 4.57. The summed E-state index contributed by atoms with van der Waals surface area (Å²) in [5.74, 6) is 0.567. The molecule has 19 heavy (non-hydrogen) atoms. The fourth-order valence-electron chi connectivity index (χ4n) is 2.06. The van der Waals surface area contributed by atoms with Crippen molar-refractivity contribution in [2.24, 2.45) is 0 Å². The molecule has 3 heteroatoms. The van der Waals surface area contributed by atoms with Crippen molar-refractivity contribution in [1.82, 2.24) is 4.98 Å². The Kier molecular flexibility index (Phi) is 4.29. The third kappa shape index (κ3) is 3.65. The van der Waals surface area contributed by atoms with Crippen molar-refractivity contribution in [3.05, 3.63) is 59.3 Å². The molecule has 0 fully saturated rings. The molecule has 0 radical (unpaired) electrons. The second kappa shape index (κ2) is 6.14. The van der Waals surface area contributed by atoms with Gasteiger partial charge in [-0.15, -0.1) is 0 Å². The zero-order valence-corrected chi connectivity index (χ0v) is 11.3. The topological polar surface area (TPSA) is 42.0 Å². The van der Waals surface area contributed by atoms with Crippen molar-refractivity contribution < 1.29 is 4.79 Å². The molecule has 1 amide bonds. The molecular weight excluding hydrogens is 236 g/mol. The minimum atomic E-state index is -0.0287. The van der Waals surface area contributed by atoms with Crippen LogP contribution in [0.1, 0.15) is 23.6 Å². The lowest BCUT2D eigenvalue weighted by Gasteiger charge is -2.09. The van der Waals surface area contributed by atoms with E-state index in [0.717, 1.165) is 12.0 Å². The minimum absolute atomic E-state index is 0.0287. The smallest absolute Gasteiger partial charge is 0.229 e. The Morgan fingerprint density at radius 2 is 2.05 bits per heavy atom. The molecule has 0 unspecified atom stereocenters. The Labute approximate surface area is 113 Å². The molecule has 1 aromatic heterocycles. The van der Waals surface area contributed by atoms with Crippen LogP contribution in [0, 0.1) is 6.92 Å². The quantitative estimate of drug-likeness (QED) is 0.910. The van der Waals surface area contributed by atoms with Crippen LogP contribution >= 0.6 is 0 Å². The Morgan fingerprint density at radius 3 is 2.74 bits per heavy atom. The zero-order chi connectivity index (χ0) is 13.7. The number of nitrogens with one attached hydrogen (secondary N) is 1. The summed E-state index contributed by atoms with van der Waals surface area (Å²) in [5, 5.41) is 2.81. The van der Waals surface area contributed by atoms with E-state index in [0.29, 0.717) is 12.2 Å². The van der Waals surface area contributed by atoms with Crippen LogP contribution in [0.2, 0.25) is 0 Å². The normalized spacial score (nSPS) is 10.2. The van der Waals surface area contributed by atoms with Gasteiger partial charge in [-0.3, -0.25) is 4.79 Å². The highest BCUT2D eigenvalue weighted by molar-refractivity contribution is 5.91. The first-order chi connectivity index (χ1) is 9.19. The molecule has 1 aromatic carbocycles.